The summed E-state index contributed by atoms with van der Waals surface area (Å²) in [6, 6.07) is 58.9. The Morgan fingerprint density at radius 3 is 1.64 bits per heavy atom. The molecule has 0 heterocycles. The van der Waals surface area contributed by atoms with Crippen molar-refractivity contribution in [3.63, 3.8) is 0 Å². The third-order valence-corrected chi connectivity index (χ3v) is 11.9. The molecule has 2 aliphatic carbocycles. The molecule has 0 aliphatic heterocycles. The van der Waals surface area contributed by atoms with Crippen molar-refractivity contribution in [1.82, 2.24) is 0 Å². The molecule has 9 rings (SSSR count). The Morgan fingerprint density at radius 2 is 1.04 bits per heavy atom. The van der Waals surface area contributed by atoms with Crippen LogP contribution in [0, 0.1) is 0 Å². The van der Waals surface area contributed by atoms with Gasteiger partial charge in [0.2, 0.25) is 0 Å². The summed E-state index contributed by atoms with van der Waals surface area (Å²) < 4.78 is 0. The monoisotopic (exact) mass is 685 g/mol. The molecule has 260 valence electrons. The Labute approximate surface area is 315 Å². The normalized spacial score (nSPS) is 14.1. The van der Waals surface area contributed by atoms with Crippen molar-refractivity contribution >= 4 is 17.1 Å². The molecule has 2 aliphatic rings. The molecule has 0 spiro atoms. The lowest BCUT2D eigenvalue weighted by Gasteiger charge is -2.33. The van der Waals surface area contributed by atoms with Crippen LogP contribution >= 0.6 is 0 Å². The van der Waals surface area contributed by atoms with Crippen LogP contribution in [-0.4, -0.2) is 0 Å². The molecule has 0 aromatic heterocycles. The van der Waals surface area contributed by atoms with Crippen molar-refractivity contribution in [1.29, 1.82) is 0 Å². The lowest BCUT2D eigenvalue weighted by molar-refractivity contribution is 0.660. The molecule has 1 nitrogen and oxygen atoms in total. The van der Waals surface area contributed by atoms with E-state index in [2.05, 4.69) is 190 Å². The maximum Gasteiger partial charge on any atom is 0.0543 e. The van der Waals surface area contributed by atoms with Crippen LogP contribution in [-0.2, 0) is 18.3 Å². The van der Waals surface area contributed by atoms with Gasteiger partial charge in [-0.15, -0.1) is 0 Å². The van der Waals surface area contributed by atoms with Gasteiger partial charge in [-0.1, -0.05) is 149 Å². The topological polar surface area (TPSA) is 3.24 Å². The molecule has 0 unspecified atom stereocenters. The van der Waals surface area contributed by atoms with E-state index < -0.39 is 0 Å². The smallest absolute Gasteiger partial charge is 0.0543 e. The van der Waals surface area contributed by atoms with E-state index in [-0.39, 0.29) is 5.41 Å². The van der Waals surface area contributed by atoms with Gasteiger partial charge in [0.25, 0.3) is 0 Å². The van der Waals surface area contributed by atoms with Crippen molar-refractivity contribution in [3.8, 4) is 44.5 Å². The zero-order valence-electron chi connectivity index (χ0n) is 31.4. The van der Waals surface area contributed by atoms with E-state index in [0.717, 1.165) is 24.2 Å². The SMILES string of the molecule is CC(C)c1ccc2c(c1-c1cc3c(cc1N(c1ccc(-c4ccccc4)cc1)c1ccc(-c4ccccc4)cc1)C(C)(C)c1ccccc1-3)CCCC2. The lowest BCUT2D eigenvalue weighted by Crippen LogP contribution is -2.18. The van der Waals surface area contributed by atoms with E-state index in [4.69, 9.17) is 0 Å². The number of nitrogens with zero attached hydrogens (tertiary/aromatic N) is 1. The van der Waals surface area contributed by atoms with Crippen LogP contribution in [0.25, 0.3) is 44.5 Å². The summed E-state index contributed by atoms with van der Waals surface area (Å²) in [5.41, 5.74) is 21.1. The quantitative estimate of drug-likeness (QED) is 0.161. The van der Waals surface area contributed by atoms with Crippen molar-refractivity contribution in [3.05, 3.63) is 186 Å². The molecule has 0 atom stereocenters. The second kappa shape index (κ2) is 13.4. The lowest BCUT2D eigenvalue weighted by atomic mass is 9.78. The molecular formula is C52H47N. The van der Waals surface area contributed by atoms with Gasteiger partial charge < -0.3 is 4.90 Å². The number of hydrogen-bond acceptors (Lipinski definition) is 1. The minimum absolute atomic E-state index is 0.129. The summed E-state index contributed by atoms with van der Waals surface area (Å²) in [5.74, 6) is 0.394. The van der Waals surface area contributed by atoms with E-state index >= 15 is 0 Å². The summed E-state index contributed by atoms with van der Waals surface area (Å²) in [5, 5.41) is 0. The first-order valence-electron chi connectivity index (χ1n) is 19.4. The summed E-state index contributed by atoms with van der Waals surface area (Å²) >= 11 is 0. The highest BCUT2D eigenvalue weighted by Crippen LogP contribution is 2.55. The van der Waals surface area contributed by atoms with Gasteiger partial charge in [-0.3, -0.25) is 0 Å². The van der Waals surface area contributed by atoms with Crippen LogP contribution in [0.1, 0.15) is 74.3 Å². The van der Waals surface area contributed by atoms with Crippen LogP contribution in [0.5, 0.6) is 0 Å². The number of hydrogen-bond donors (Lipinski definition) is 0. The van der Waals surface area contributed by atoms with Crippen LogP contribution in [0.3, 0.4) is 0 Å². The van der Waals surface area contributed by atoms with Gasteiger partial charge in [0, 0.05) is 22.4 Å². The third-order valence-electron chi connectivity index (χ3n) is 11.9. The third kappa shape index (κ3) is 5.80. The summed E-state index contributed by atoms with van der Waals surface area (Å²) in [4.78, 5) is 2.53. The van der Waals surface area contributed by atoms with Crippen LogP contribution < -0.4 is 4.90 Å². The Hall–Kier alpha value is -5.66. The largest absolute Gasteiger partial charge is 0.310 e. The second-order valence-corrected chi connectivity index (χ2v) is 15.8. The minimum atomic E-state index is -0.129. The summed E-state index contributed by atoms with van der Waals surface area (Å²) in [6.45, 7) is 9.53. The van der Waals surface area contributed by atoms with Gasteiger partial charge in [0.15, 0.2) is 0 Å². The molecule has 1 heteroatoms. The Morgan fingerprint density at radius 1 is 0.491 bits per heavy atom. The fourth-order valence-corrected chi connectivity index (χ4v) is 9.06. The van der Waals surface area contributed by atoms with E-state index in [0.29, 0.717) is 5.92 Å². The maximum absolute atomic E-state index is 2.57. The first kappa shape index (κ1) is 33.2. The molecular weight excluding hydrogens is 639 g/mol. The van der Waals surface area contributed by atoms with Crippen LogP contribution in [0.15, 0.2) is 158 Å². The minimum Gasteiger partial charge on any atom is -0.310 e. The van der Waals surface area contributed by atoms with E-state index in [1.54, 1.807) is 5.56 Å². The number of aryl methyl sites for hydroxylation is 1. The molecule has 0 fully saturated rings. The average Bonchev–Trinajstić information content (AvgIpc) is 3.43. The first-order chi connectivity index (χ1) is 25.9. The van der Waals surface area contributed by atoms with Crippen molar-refractivity contribution < 1.29 is 0 Å². The zero-order chi connectivity index (χ0) is 36.1. The van der Waals surface area contributed by atoms with Crippen molar-refractivity contribution in [2.45, 2.75) is 64.7 Å². The van der Waals surface area contributed by atoms with Crippen molar-refractivity contribution in [2.75, 3.05) is 4.90 Å². The van der Waals surface area contributed by atoms with Crippen molar-refractivity contribution in [2.24, 2.45) is 0 Å². The maximum atomic E-state index is 2.57. The van der Waals surface area contributed by atoms with E-state index in [9.17, 15) is 0 Å². The van der Waals surface area contributed by atoms with Gasteiger partial charge in [0.1, 0.15) is 0 Å². The van der Waals surface area contributed by atoms with Gasteiger partial charge in [-0.25, -0.2) is 0 Å². The molecule has 7 aromatic rings. The molecule has 0 saturated heterocycles. The van der Waals surface area contributed by atoms with Gasteiger partial charge in [-0.2, -0.15) is 0 Å². The Kier molecular flexibility index (Phi) is 8.39. The van der Waals surface area contributed by atoms with Crippen LogP contribution in [0.4, 0.5) is 17.1 Å². The molecule has 0 amide bonds. The fraction of sp³-hybridized carbons (Fsp3) is 0.192. The standard InChI is InChI=1S/C52H47N/c1-35(2)43-32-27-40-19-11-12-20-44(40)51(43)47-33-46-45-21-13-14-22-48(45)52(3,4)49(46)34-50(47)53(41-28-23-38(24-29-41)36-15-7-5-8-16-36)42-30-25-39(26-31-42)37-17-9-6-10-18-37/h5-10,13-18,21-35H,11-12,19-20H2,1-4H3. The second-order valence-electron chi connectivity index (χ2n) is 15.8. The Balaban J connectivity index is 1.33. The van der Waals surface area contributed by atoms with E-state index in [1.807, 2.05) is 0 Å². The summed E-state index contributed by atoms with van der Waals surface area (Å²) in [7, 11) is 0. The molecule has 0 N–H and O–H groups in total. The van der Waals surface area contributed by atoms with E-state index in [1.165, 1.54) is 85.3 Å². The number of benzene rings is 7. The zero-order valence-corrected chi connectivity index (χ0v) is 31.4. The molecule has 53 heavy (non-hydrogen) atoms. The first-order valence-corrected chi connectivity index (χ1v) is 19.4. The van der Waals surface area contributed by atoms with Gasteiger partial charge in [0.05, 0.1) is 5.69 Å². The highest BCUT2D eigenvalue weighted by Gasteiger charge is 2.37. The highest BCUT2D eigenvalue weighted by atomic mass is 15.1. The van der Waals surface area contributed by atoms with Gasteiger partial charge >= 0.3 is 0 Å². The molecule has 7 aromatic carbocycles. The number of fused-ring (bicyclic) bond motifs is 4. The fourth-order valence-electron chi connectivity index (χ4n) is 9.06. The molecule has 0 radical (unpaired) electrons. The molecule has 0 bridgehead atoms. The predicted octanol–water partition coefficient (Wildman–Crippen LogP) is 14.5. The predicted molar refractivity (Wildman–Crippen MR) is 226 cm³/mol. The summed E-state index contributed by atoms with van der Waals surface area (Å²) in [6.07, 6.45) is 4.78. The number of anilines is 3. The Bertz CT molecular complexity index is 2330. The average molecular weight is 686 g/mol. The highest BCUT2D eigenvalue weighted by molar-refractivity contribution is 5.96. The number of rotatable bonds is 7. The van der Waals surface area contributed by atoms with Crippen LogP contribution in [0.2, 0.25) is 0 Å². The van der Waals surface area contributed by atoms with Gasteiger partial charge in [-0.05, 0) is 135 Å². The molecule has 0 saturated carbocycles.